The number of carbonyl (C=O) groups excluding carboxylic acids is 1. The Labute approximate surface area is 114 Å². The molecule has 3 heteroatoms. The maximum absolute atomic E-state index is 12.2. The summed E-state index contributed by atoms with van der Waals surface area (Å²) >= 11 is 6.37. The van der Waals surface area contributed by atoms with Crippen LogP contribution in [0, 0.1) is 5.41 Å². The van der Waals surface area contributed by atoms with E-state index in [9.17, 15) is 4.79 Å². The summed E-state index contributed by atoms with van der Waals surface area (Å²) in [5.74, 6) is 0.0809. The predicted molar refractivity (Wildman–Crippen MR) is 74.7 cm³/mol. The van der Waals surface area contributed by atoms with Crippen molar-refractivity contribution in [3.05, 3.63) is 35.4 Å². The Bertz CT molecular complexity index is 456. The minimum Gasteiger partial charge on any atom is -0.347 e. The third kappa shape index (κ3) is 2.39. The summed E-state index contributed by atoms with van der Waals surface area (Å²) < 4.78 is 0. The Kier molecular flexibility index (Phi) is 3.67. The van der Waals surface area contributed by atoms with Gasteiger partial charge in [-0.15, -0.1) is 11.6 Å². The van der Waals surface area contributed by atoms with E-state index in [-0.39, 0.29) is 22.7 Å². The maximum atomic E-state index is 12.2. The largest absolute Gasteiger partial charge is 0.347 e. The van der Waals surface area contributed by atoms with Crippen LogP contribution in [0.4, 0.5) is 0 Å². The van der Waals surface area contributed by atoms with Crippen LogP contribution in [0.2, 0.25) is 0 Å². The van der Waals surface area contributed by atoms with Crippen LogP contribution in [0.25, 0.3) is 0 Å². The van der Waals surface area contributed by atoms with Gasteiger partial charge in [-0.2, -0.15) is 0 Å². The van der Waals surface area contributed by atoms with E-state index in [2.05, 4.69) is 17.4 Å². The summed E-state index contributed by atoms with van der Waals surface area (Å²) in [5.41, 5.74) is 2.07. The van der Waals surface area contributed by atoms with Gasteiger partial charge in [0, 0.05) is 5.41 Å². The van der Waals surface area contributed by atoms with Crippen molar-refractivity contribution >= 4 is 17.5 Å². The molecule has 0 bridgehead atoms. The fraction of sp³-hybridized carbons (Fsp3) is 0.533. The number of carbonyl (C=O) groups is 1. The molecule has 1 aromatic carbocycles. The van der Waals surface area contributed by atoms with E-state index in [1.807, 2.05) is 32.9 Å². The Morgan fingerprint density at radius 1 is 1.44 bits per heavy atom. The Morgan fingerprint density at radius 2 is 2.11 bits per heavy atom. The molecule has 98 valence electrons. The second-order valence-corrected chi connectivity index (χ2v) is 6.17. The first-order chi connectivity index (χ1) is 8.45. The minimum absolute atomic E-state index is 0.0426. The van der Waals surface area contributed by atoms with Crippen LogP contribution in [0.1, 0.15) is 44.4 Å². The molecule has 2 nitrogen and oxygen atoms in total. The molecule has 0 saturated heterocycles. The van der Waals surface area contributed by atoms with E-state index in [1.165, 1.54) is 5.56 Å². The van der Waals surface area contributed by atoms with Crippen LogP contribution in [0.15, 0.2) is 24.3 Å². The molecule has 1 aromatic rings. The zero-order chi connectivity index (χ0) is 13.3. The highest BCUT2D eigenvalue weighted by molar-refractivity contribution is 6.21. The van der Waals surface area contributed by atoms with Gasteiger partial charge in [-0.1, -0.05) is 45.0 Å². The van der Waals surface area contributed by atoms with Crippen molar-refractivity contribution in [2.24, 2.45) is 5.41 Å². The molecule has 0 aromatic heterocycles. The average Bonchev–Trinajstić information content (AvgIpc) is 2.66. The number of amides is 1. The highest BCUT2D eigenvalue weighted by atomic mass is 35.5. The van der Waals surface area contributed by atoms with Gasteiger partial charge in [0.2, 0.25) is 5.91 Å². The smallest absolute Gasteiger partial charge is 0.226 e. The van der Waals surface area contributed by atoms with Gasteiger partial charge in [0.15, 0.2) is 0 Å². The molecule has 2 rings (SSSR count). The number of halogens is 1. The summed E-state index contributed by atoms with van der Waals surface area (Å²) in [5, 5.41) is 3.06. The molecular formula is C15H20ClNO. The first-order valence-corrected chi connectivity index (χ1v) is 6.92. The monoisotopic (exact) mass is 265 g/mol. The Morgan fingerprint density at radius 3 is 2.78 bits per heavy atom. The molecular weight excluding hydrogens is 246 g/mol. The van der Waals surface area contributed by atoms with Gasteiger partial charge >= 0.3 is 0 Å². The number of fused-ring (bicyclic) bond motifs is 1. The lowest BCUT2D eigenvalue weighted by Crippen LogP contribution is -2.40. The normalized spacial score (nSPS) is 22.7. The number of rotatable bonds is 3. The molecule has 0 heterocycles. The van der Waals surface area contributed by atoms with Gasteiger partial charge < -0.3 is 5.32 Å². The van der Waals surface area contributed by atoms with Crippen molar-refractivity contribution in [1.82, 2.24) is 5.32 Å². The fourth-order valence-electron chi connectivity index (χ4n) is 2.21. The summed E-state index contributed by atoms with van der Waals surface area (Å²) in [6.45, 7) is 5.96. The van der Waals surface area contributed by atoms with Crippen molar-refractivity contribution in [2.75, 3.05) is 0 Å². The molecule has 18 heavy (non-hydrogen) atoms. The summed E-state index contributed by atoms with van der Waals surface area (Å²) in [6.07, 6.45) is 1.65. The summed E-state index contributed by atoms with van der Waals surface area (Å²) in [7, 11) is 0. The van der Waals surface area contributed by atoms with Crippen molar-refractivity contribution in [3.8, 4) is 0 Å². The number of alkyl halides is 1. The SMILES string of the molecule is CCC(C)(C)C(=O)NC1c2ccccc2CC1Cl. The fourth-order valence-corrected chi connectivity index (χ4v) is 2.58. The Hall–Kier alpha value is -1.02. The second-order valence-electron chi connectivity index (χ2n) is 5.61. The molecule has 1 amide bonds. The van der Waals surface area contributed by atoms with Crippen molar-refractivity contribution in [1.29, 1.82) is 0 Å². The van der Waals surface area contributed by atoms with Crippen LogP contribution in [-0.2, 0) is 11.2 Å². The van der Waals surface area contributed by atoms with Crippen LogP contribution < -0.4 is 5.32 Å². The molecule has 0 fully saturated rings. The molecule has 1 N–H and O–H groups in total. The highest BCUT2D eigenvalue weighted by Crippen LogP contribution is 2.35. The van der Waals surface area contributed by atoms with Crippen molar-refractivity contribution in [2.45, 2.75) is 45.0 Å². The number of hydrogen-bond donors (Lipinski definition) is 1. The van der Waals surface area contributed by atoms with Gasteiger partial charge in [0.05, 0.1) is 11.4 Å². The predicted octanol–water partition coefficient (Wildman–Crippen LogP) is 3.44. The number of benzene rings is 1. The van der Waals surface area contributed by atoms with Crippen LogP contribution in [0.3, 0.4) is 0 Å². The molecule has 0 radical (unpaired) electrons. The first kappa shape index (κ1) is 13.4. The van der Waals surface area contributed by atoms with Gasteiger partial charge in [-0.3, -0.25) is 4.79 Å². The quantitative estimate of drug-likeness (QED) is 0.834. The molecule has 0 saturated carbocycles. The van der Waals surface area contributed by atoms with E-state index in [0.717, 1.165) is 18.4 Å². The standard InChI is InChI=1S/C15H20ClNO/c1-4-15(2,3)14(18)17-13-11-8-6-5-7-10(11)9-12(13)16/h5-8,12-13H,4,9H2,1-3H3,(H,17,18). The van der Waals surface area contributed by atoms with E-state index in [4.69, 9.17) is 11.6 Å². The van der Waals surface area contributed by atoms with E-state index in [0.29, 0.717) is 0 Å². The third-order valence-electron chi connectivity index (χ3n) is 3.95. The first-order valence-electron chi connectivity index (χ1n) is 6.48. The van der Waals surface area contributed by atoms with Crippen LogP contribution >= 0.6 is 11.6 Å². The lowest BCUT2D eigenvalue weighted by Gasteiger charge is -2.26. The highest BCUT2D eigenvalue weighted by Gasteiger charge is 2.35. The number of hydrogen-bond acceptors (Lipinski definition) is 1. The van der Waals surface area contributed by atoms with Crippen molar-refractivity contribution in [3.63, 3.8) is 0 Å². The number of nitrogens with one attached hydrogen (secondary N) is 1. The second kappa shape index (κ2) is 4.93. The zero-order valence-electron chi connectivity index (χ0n) is 11.2. The van der Waals surface area contributed by atoms with Gasteiger partial charge in [-0.05, 0) is 24.0 Å². The van der Waals surface area contributed by atoms with E-state index >= 15 is 0 Å². The van der Waals surface area contributed by atoms with Crippen molar-refractivity contribution < 1.29 is 4.79 Å². The lowest BCUT2D eigenvalue weighted by atomic mass is 9.88. The van der Waals surface area contributed by atoms with Gasteiger partial charge in [0.1, 0.15) is 0 Å². The van der Waals surface area contributed by atoms with E-state index < -0.39 is 0 Å². The molecule has 0 aliphatic heterocycles. The maximum Gasteiger partial charge on any atom is 0.226 e. The topological polar surface area (TPSA) is 29.1 Å². The minimum atomic E-state index is -0.339. The summed E-state index contributed by atoms with van der Waals surface area (Å²) in [6, 6.07) is 8.10. The Balaban J connectivity index is 2.18. The van der Waals surface area contributed by atoms with Crippen LogP contribution in [-0.4, -0.2) is 11.3 Å². The van der Waals surface area contributed by atoms with E-state index in [1.54, 1.807) is 0 Å². The third-order valence-corrected chi connectivity index (χ3v) is 4.36. The average molecular weight is 266 g/mol. The van der Waals surface area contributed by atoms with Crippen LogP contribution in [0.5, 0.6) is 0 Å². The molecule has 2 unspecified atom stereocenters. The molecule has 2 atom stereocenters. The molecule has 1 aliphatic rings. The van der Waals surface area contributed by atoms with Gasteiger partial charge in [0.25, 0.3) is 0 Å². The van der Waals surface area contributed by atoms with Gasteiger partial charge in [-0.25, -0.2) is 0 Å². The molecule has 0 spiro atoms. The summed E-state index contributed by atoms with van der Waals surface area (Å²) in [4.78, 5) is 12.2. The zero-order valence-corrected chi connectivity index (χ0v) is 11.9. The lowest BCUT2D eigenvalue weighted by molar-refractivity contribution is -0.130. The molecule has 1 aliphatic carbocycles.